The summed E-state index contributed by atoms with van der Waals surface area (Å²) in [5.41, 5.74) is 5.45. The average Bonchev–Trinajstić information content (AvgIpc) is 3.27. The van der Waals surface area contributed by atoms with Crippen LogP contribution in [-0.2, 0) is 22.6 Å². The van der Waals surface area contributed by atoms with Gasteiger partial charge in [0.2, 0.25) is 0 Å². The number of nitrogens with one attached hydrogen (secondary N) is 1. The van der Waals surface area contributed by atoms with Gasteiger partial charge in [0.05, 0.1) is 5.92 Å². The molecular weight excluding hydrogens is 398 g/mol. The Bertz CT molecular complexity index is 1190. The van der Waals surface area contributed by atoms with E-state index in [1.165, 1.54) is 11.1 Å². The topological polar surface area (TPSA) is 51.5 Å². The Labute approximate surface area is 188 Å². The maximum atomic E-state index is 12.2. The monoisotopic (exact) mass is 425 g/mol. The number of benzene rings is 3. The summed E-state index contributed by atoms with van der Waals surface area (Å²) in [7, 11) is 0. The van der Waals surface area contributed by atoms with Crippen molar-refractivity contribution in [1.82, 2.24) is 5.32 Å². The summed E-state index contributed by atoms with van der Waals surface area (Å²) < 4.78 is 11.6. The van der Waals surface area contributed by atoms with Gasteiger partial charge in [0.1, 0.15) is 18.0 Å². The van der Waals surface area contributed by atoms with Crippen molar-refractivity contribution in [2.24, 2.45) is 5.92 Å². The second kappa shape index (κ2) is 9.41. The van der Waals surface area contributed by atoms with Crippen LogP contribution in [0.2, 0.25) is 0 Å². The first-order chi connectivity index (χ1) is 15.7. The summed E-state index contributed by atoms with van der Waals surface area (Å²) in [6.45, 7) is 2.09. The molecule has 162 valence electrons. The normalized spacial score (nSPS) is 14.5. The standard InChI is InChI=1S/C28H27NO3/c30-28(24-12-14-29-15-13-24)31-19-21-6-9-23(10-7-21)27-18-25-17-22(8-11-26(25)32-27)16-20-4-2-1-3-5-20/h1-11,17-18,24,29H,12-16,19H2. The molecule has 1 saturated heterocycles. The summed E-state index contributed by atoms with van der Waals surface area (Å²) in [6, 6.07) is 27.0. The maximum Gasteiger partial charge on any atom is 0.309 e. The molecular formula is C28H27NO3. The van der Waals surface area contributed by atoms with Crippen LogP contribution in [0.3, 0.4) is 0 Å². The highest BCUT2D eigenvalue weighted by Gasteiger charge is 2.22. The SMILES string of the molecule is O=C(OCc1ccc(-c2cc3cc(Cc4ccccc4)ccc3o2)cc1)C1CCNCC1. The van der Waals surface area contributed by atoms with E-state index in [1.54, 1.807) is 0 Å². The molecule has 1 N–H and O–H groups in total. The Morgan fingerprint density at radius 1 is 0.875 bits per heavy atom. The predicted molar refractivity (Wildman–Crippen MR) is 126 cm³/mol. The number of ether oxygens (including phenoxy) is 1. The Morgan fingerprint density at radius 2 is 1.62 bits per heavy atom. The van der Waals surface area contributed by atoms with Crippen LogP contribution in [0.25, 0.3) is 22.3 Å². The molecule has 32 heavy (non-hydrogen) atoms. The molecule has 0 amide bonds. The lowest BCUT2D eigenvalue weighted by Gasteiger charge is -2.20. The van der Waals surface area contributed by atoms with Crippen molar-refractivity contribution in [1.29, 1.82) is 0 Å². The van der Waals surface area contributed by atoms with E-state index in [9.17, 15) is 4.79 Å². The van der Waals surface area contributed by atoms with Gasteiger partial charge in [0.15, 0.2) is 0 Å². The predicted octanol–water partition coefficient (Wildman–Crippen LogP) is 5.73. The number of carbonyl (C=O) groups is 1. The van der Waals surface area contributed by atoms with Crippen LogP contribution in [0, 0.1) is 5.92 Å². The highest BCUT2D eigenvalue weighted by Crippen LogP contribution is 2.29. The van der Waals surface area contributed by atoms with Gasteiger partial charge in [-0.1, -0.05) is 60.7 Å². The minimum absolute atomic E-state index is 0.0258. The van der Waals surface area contributed by atoms with Crippen LogP contribution in [0.1, 0.15) is 29.5 Å². The largest absolute Gasteiger partial charge is 0.461 e. The molecule has 0 atom stereocenters. The molecule has 0 aliphatic carbocycles. The second-order valence-electron chi connectivity index (χ2n) is 8.47. The van der Waals surface area contributed by atoms with E-state index in [1.807, 2.05) is 36.4 Å². The third-order valence-corrected chi connectivity index (χ3v) is 6.12. The number of rotatable bonds is 6. The fourth-order valence-corrected chi connectivity index (χ4v) is 4.27. The minimum atomic E-state index is -0.0841. The Kier molecular flexibility index (Phi) is 6.04. The smallest absolute Gasteiger partial charge is 0.309 e. The van der Waals surface area contributed by atoms with Crippen LogP contribution in [-0.4, -0.2) is 19.1 Å². The average molecular weight is 426 g/mol. The van der Waals surface area contributed by atoms with E-state index < -0.39 is 0 Å². The maximum absolute atomic E-state index is 12.2. The number of esters is 1. The summed E-state index contributed by atoms with van der Waals surface area (Å²) in [4.78, 5) is 12.2. The van der Waals surface area contributed by atoms with Crippen LogP contribution in [0.5, 0.6) is 0 Å². The van der Waals surface area contributed by atoms with Crippen molar-refractivity contribution < 1.29 is 13.9 Å². The molecule has 0 saturated carbocycles. The lowest BCUT2D eigenvalue weighted by molar-refractivity contribution is -0.150. The zero-order chi connectivity index (χ0) is 21.8. The minimum Gasteiger partial charge on any atom is -0.461 e. The molecule has 3 aromatic carbocycles. The Balaban J connectivity index is 1.25. The molecule has 5 rings (SSSR count). The molecule has 2 heterocycles. The number of carbonyl (C=O) groups excluding carboxylic acids is 1. The van der Waals surface area contributed by atoms with E-state index in [2.05, 4.69) is 47.8 Å². The first-order valence-electron chi connectivity index (χ1n) is 11.3. The van der Waals surface area contributed by atoms with Crippen molar-refractivity contribution in [3.8, 4) is 11.3 Å². The quantitative estimate of drug-likeness (QED) is 0.401. The van der Waals surface area contributed by atoms with Crippen LogP contribution >= 0.6 is 0 Å². The fraction of sp³-hybridized carbons (Fsp3) is 0.250. The van der Waals surface area contributed by atoms with Gasteiger partial charge >= 0.3 is 5.97 Å². The Hall–Kier alpha value is -3.37. The highest BCUT2D eigenvalue weighted by molar-refractivity contribution is 5.83. The lowest BCUT2D eigenvalue weighted by Crippen LogP contribution is -2.32. The van der Waals surface area contributed by atoms with Crippen molar-refractivity contribution in [3.05, 3.63) is 95.6 Å². The number of fused-ring (bicyclic) bond motifs is 1. The zero-order valence-electron chi connectivity index (χ0n) is 18.1. The molecule has 0 radical (unpaired) electrons. The summed E-state index contributed by atoms with van der Waals surface area (Å²) in [6.07, 6.45) is 2.62. The number of hydrogen-bond acceptors (Lipinski definition) is 4. The number of furan rings is 1. The van der Waals surface area contributed by atoms with E-state index in [4.69, 9.17) is 9.15 Å². The lowest BCUT2D eigenvalue weighted by atomic mass is 9.98. The molecule has 1 aromatic heterocycles. The molecule has 0 spiro atoms. The van der Waals surface area contributed by atoms with Gasteiger partial charge in [-0.2, -0.15) is 0 Å². The van der Waals surface area contributed by atoms with Crippen molar-refractivity contribution in [3.63, 3.8) is 0 Å². The number of hydrogen-bond donors (Lipinski definition) is 1. The van der Waals surface area contributed by atoms with Crippen molar-refractivity contribution in [2.75, 3.05) is 13.1 Å². The summed E-state index contributed by atoms with van der Waals surface area (Å²) in [5, 5.41) is 4.38. The molecule has 0 bridgehead atoms. The summed E-state index contributed by atoms with van der Waals surface area (Å²) >= 11 is 0. The van der Waals surface area contributed by atoms with Crippen LogP contribution in [0.4, 0.5) is 0 Å². The van der Waals surface area contributed by atoms with E-state index >= 15 is 0 Å². The van der Waals surface area contributed by atoms with E-state index in [0.29, 0.717) is 6.61 Å². The summed E-state index contributed by atoms with van der Waals surface area (Å²) in [5.74, 6) is 0.784. The molecule has 1 aliphatic heterocycles. The second-order valence-corrected chi connectivity index (χ2v) is 8.47. The molecule has 0 unspecified atom stereocenters. The van der Waals surface area contributed by atoms with Gasteiger partial charge in [-0.3, -0.25) is 4.79 Å². The third kappa shape index (κ3) is 4.76. The Morgan fingerprint density at radius 3 is 2.41 bits per heavy atom. The molecule has 4 aromatic rings. The van der Waals surface area contributed by atoms with Gasteiger partial charge in [-0.15, -0.1) is 0 Å². The van der Waals surface area contributed by atoms with Crippen molar-refractivity contribution >= 4 is 16.9 Å². The third-order valence-electron chi connectivity index (χ3n) is 6.12. The first kappa shape index (κ1) is 20.5. The molecule has 4 nitrogen and oxygen atoms in total. The fourth-order valence-electron chi connectivity index (χ4n) is 4.27. The van der Waals surface area contributed by atoms with Crippen molar-refractivity contribution in [2.45, 2.75) is 25.9 Å². The van der Waals surface area contributed by atoms with Gasteiger partial charge in [0.25, 0.3) is 0 Å². The van der Waals surface area contributed by atoms with Gasteiger partial charge in [0, 0.05) is 10.9 Å². The van der Waals surface area contributed by atoms with Gasteiger partial charge in [-0.25, -0.2) is 0 Å². The molecule has 1 aliphatic rings. The molecule has 4 heteroatoms. The highest BCUT2D eigenvalue weighted by atomic mass is 16.5. The van der Waals surface area contributed by atoms with E-state index in [0.717, 1.165) is 60.2 Å². The molecule has 1 fully saturated rings. The van der Waals surface area contributed by atoms with Gasteiger partial charge in [-0.05, 0) is 67.2 Å². The van der Waals surface area contributed by atoms with E-state index in [-0.39, 0.29) is 11.9 Å². The zero-order valence-corrected chi connectivity index (χ0v) is 18.1. The number of piperidine rings is 1. The van der Waals surface area contributed by atoms with Crippen LogP contribution in [0.15, 0.2) is 83.3 Å². The van der Waals surface area contributed by atoms with Gasteiger partial charge < -0.3 is 14.5 Å². The first-order valence-corrected chi connectivity index (χ1v) is 11.3. The van der Waals surface area contributed by atoms with Crippen LogP contribution < -0.4 is 5.32 Å².